The number of amides is 1. The molecule has 0 aromatic heterocycles. The second-order valence-corrected chi connectivity index (χ2v) is 5.39. The molecule has 102 valence electrons. The Morgan fingerprint density at radius 1 is 1.42 bits per heavy atom. The lowest BCUT2D eigenvalue weighted by Gasteiger charge is -2.25. The minimum atomic E-state index is -0.490. The molecule has 0 N–H and O–H groups in total. The van der Waals surface area contributed by atoms with Crippen LogP contribution in [0.15, 0.2) is 24.3 Å². The summed E-state index contributed by atoms with van der Waals surface area (Å²) in [4.78, 5) is 24.1. The number of benzene rings is 1. The highest BCUT2D eigenvalue weighted by atomic mass is 16.6. The molecule has 1 aromatic carbocycles. The molecule has 0 spiro atoms. The van der Waals surface area contributed by atoms with Crippen LogP contribution in [0.2, 0.25) is 0 Å². The van der Waals surface area contributed by atoms with E-state index in [-0.39, 0.29) is 12.1 Å². The summed E-state index contributed by atoms with van der Waals surface area (Å²) in [5.41, 5.74) is 1.39. The zero-order valence-corrected chi connectivity index (χ0v) is 11.6. The number of anilines is 1. The monoisotopic (exact) mass is 261 g/mol. The first-order valence-electron chi connectivity index (χ1n) is 6.50. The Balaban J connectivity index is 2.26. The number of carbonyl (C=O) groups is 2. The molecule has 1 atom stereocenters. The summed E-state index contributed by atoms with van der Waals surface area (Å²) in [5.74, 6) is 0. The van der Waals surface area contributed by atoms with Crippen LogP contribution in [0.1, 0.15) is 32.8 Å². The first kappa shape index (κ1) is 13.6. The van der Waals surface area contributed by atoms with Crippen LogP contribution in [0.5, 0.6) is 0 Å². The Labute approximate surface area is 113 Å². The fraction of sp³-hybridized carbons (Fsp3) is 0.467. The van der Waals surface area contributed by atoms with E-state index in [1.807, 2.05) is 45.0 Å². The van der Waals surface area contributed by atoms with Gasteiger partial charge in [0.15, 0.2) is 0 Å². The minimum absolute atomic E-state index is 0.0266. The summed E-state index contributed by atoms with van der Waals surface area (Å²) >= 11 is 0. The van der Waals surface area contributed by atoms with Gasteiger partial charge in [-0.3, -0.25) is 4.90 Å². The fourth-order valence-corrected chi connectivity index (χ4v) is 2.24. The summed E-state index contributed by atoms with van der Waals surface area (Å²) < 4.78 is 5.38. The molecule has 0 radical (unpaired) electrons. The fourth-order valence-electron chi connectivity index (χ4n) is 2.24. The van der Waals surface area contributed by atoms with Crippen LogP contribution in [0, 0.1) is 0 Å². The number of carbonyl (C=O) groups excluding carboxylic acids is 2. The second kappa shape index (κ2) is 5.03. The molecule has 1 aromatic rings. The Bertz CT molecular complexity index is 496. The van der Waals surface area contributed by atoms with Crippen molar-refractivity contribution < 1.29 is 14.3 Å². The highest BCUT2D eigenvalue weighted by Gasteiger charge is 2.45. The molecule has 1 heterocycles. The van der Waals surface area contributed by atoms with Gasteiger partial charge in [-0.15, -0.1) is 0 Å². The number of ether oxygens (including phenoxy) is 1. The zero-order valence-electron chi connectivity index (χ0n) is 11.6. The van der Waals surface area contributed by atoms with Crippen LogP contribution in [0.4, 0.5) is 10.5 Å². The highest BCUT2D eigenvalue weighted by molar-refractivity contribution is 5.91. The van der Waals surface area contributed by atoms with Gasteiger partial charge in [0, 0.05) is 12.1 Å². The number of aldehydes is 1. The molecule has 0 bridgehead atoms. The summed E-state index contributed by atoms with van der Waals surface area (Å²) in [7, 11) is 0. The third kappa shape index (κ3) is 2.62. The molecule has 1 aliphatic heterocycles. The van der Waals surface area contributed by atoms with Crippen molar-refractivity contribution in [3.8, 4) is 0 Å². The average Bonchev–Trinajstić information content (AvgIpc) is 2.56. The first-order chi connectivity index (χ1) is 8.95. The van der Waals surface area contributed by atoms with E-state index in [1.165, 1.54) is 0 Å². The molecule has 4 heteroatoms. The standard InChI is InChI=1S/C15H19NO3/c1-11-15(2,3)19-14(18)16(11)13-8-4-6-12(10-13)7-5-9-17/h4,6,8-11H,5,7H2,1-3H3/t11-/m0/s1. The van der Waals surface area contributed by atoms with Gasteiger partial charge in [-0.1, -0.05) is 12.1 Å². The summed E-state index contributed by atoms with van der Waals surface area (Å²) in [6.07, 6.45) is 1.78. The van der Waals surface area contributed by atoms with Crippen molar-refractivity contribution >= 4 is 18.1 Å². The smallest absolute Gasteiger partial charge is 0.415 e. The van der Waals surface area contributed by atoms with E-state index in [2.05, 4.69) is 0 Å². The van der Waals surface area contributed by atoms with Gasteiger partial charge in [0.25, 0.3) is 0 Å². The Morgan fingerprint density at radius 2 is 2.16 bits per heavy atom. The predicted octanol–water partition coefficient (Wildman–Crippen LogP) is 2.94. The van der Waals surface area contributed by atoms with Crippen LogP contribution >= 0.6 is 0 Å². The van der Waals surface area contributed by atoms with E-state index in [0.717, 1.165) is 17.5 Å². The number of hydrogen-bond donors (Lipinski definition) is 0. The van der Waals surface area contributed by atoms with E-state index in [1.54, 1.807) is 4.90 Å². The topological polar surface area (TPSA) is 46.6 Å². The molecule has 0 unspecified atom stereocenters. The van der Waals surface area contributed by atoms with Gasteiger partial charge in [-0.25, -0.2) is 4.79 Å². The zero-order chi connectivity index (χ0) is 14.0. The van der Waals surface area contributed by atoms with Gasteiger partial charge in [0.1, 0.15) is 11.9 Å². The van der Waals surface area contributed by atoms with Crippen molar-refractivity contribution in [3.63, 3.8) is 0 Å². The van der Waals surface area contributed by atoms with Crippen LogP contribution < -0.4 is 4.90 Å². The largest absolute Gasteiger partial charge is 0.441 e. The number of aryl methyl sites for hydroxylation is 1. The lowest BCUT2D eigenvalue weighted by atomic mass is 10.00. The number of cyclic esters (lactones) is 1. The maximum absolute atomic E-state index is 12.0. The molecule has 19 heavy (non-hydrogen) atoms. The van der Waals surface area contributed by atoms with Crippen molar-refractivity contribution in [1.82, 2.24) is 0 Å². The van der Waals surface area contributed by atoms with E-state index >= 15 is 0 Å². The van der Waals surface area contributed by atoms with Gasteiger partial charge in [0.05, 0.1) is 6.04 Å². The normalized spacial score (nSPS) is 21.3. The molecular weight excluding hydrogens is 242 g/mol. The van der Waals surface area contributed by atoms with E-state index in [9.17, 15) is 9.59 Å². The predicted molar refractivity (Wildman–Crippen MR) is 73.3 cm³/mol. The summed E-state index contributed by atoms with van der Waals surface area (Å²) in [5, 5.41) is 0. The molecule has 2 rings (SSSR count). The molecule has 1 saturated heterocycles. The number of nitrogens with zero attached hydrogens (tertiary/aromatic N) is 1. The van der Waals surface area contributed by atoms with Crippen LogP contribution in [-0.2, 0) is 16.0 Å². The summed E-state index contributed by atoms with van der Waals surface area (Å²) in [6.45, 7) is 5.79. The van der Waals surface area contributed by atoms with Crippen molar-refractivity contribution in [2.45, 2.75) is 45.3 Å². The van der Waals surface area contributed by atoms with E-state index < -0.39 is 5.60 Å². The maximum atomic E-state index is 12.0. The maximum Gasteiger partial charge on any atom is 0.415 e. The lowest BCUT2D eigenvalue weighted by molar-refractivity contribution is -0.107. The average molecular weight is 261 g/mol. The molecule has 0 aliphatic carbocycles. The van der Waals surface area contributed by atoms with Gasteiger partial charge in [0.2, 0.25) is 0 Å². The SMILES string of the molecule is C[C@@H]1N(c2cccc(CCC=O)c2)C(=O)OC1(C)C. The highest BCUT2D eigenvalue weighted by Crippen LogP contribution is 2.33. The Morgan fingerprint density at radius 3 is 2.74 bits per heavy atom. The Hall–Kier alpha value is -1.84. The van der Waals surface area contributed by atoms with Crippen molar-refractivity contribution in [2.75, 3.05) is 4.90 Å². The third-order valence-corrected chi connectivity index (χ3v) is 3.68. The minimum Gasteiger partial charge on any atom is -0.441 e. The summed E-state index contributed by atoms with van der Waals surface area (Å²) in [6, 6.07) is 7.68. The van der Waals surface area contributed by atoms with Crippen LogP contribution in [0.3, 0.4) is 0 Å². The van der Waals surface area contributed by atoms with Gasteiger partial charge in [-0.05, 0) is 44.9 Å². The first-order valence-corrected chi connectivity index (χ1v) is 6.50. The second-order valence-electron chi connectivity index (χ2n) is 5.39. The quantitative estimate of drug-likeness (QED) is 0.783. The third-order valence-electron chi connectivity index (χ3n) is 3.68. The van der Waals surface area contributed by atoms with Crippen LogP contribution in [-0.4, -0.2) is 24.0 Å². The van der Waals surface area contributed by atoms with Crippen LogP contribution in [0.25, 0.3) is 0 Å². The van der Waals surface area contributed by atoms with E-state index in [0.29, 0.717) is 12.8 Å². The van der Waals surface area contributed by atoms with Gasteiger partial charge < -0.3 is 9.53 Å². The van der Waals surface area contributed by atoms with Gasteiger partial charge in [-0.2, -0.15) is 0 Å². The number of hydrogen-bond acceptors (Lipinski definition) is 3. The number of rotatable bonds is 4. The lowest BCUT2D eigenvalue weighted by Crippen LogP contribution is -2.39. The molecule has 1 amide bonds. The van der Waals surface area contributed by atoms with Crippen molar-refractivity contribution in [3.05, 3.63) is 29.8 Å². The van der Waals surface area contributed by atoms with Crippen molar-refractivity contribution in [2.24, 2.45) is 0 Å². The molecule has 1 fully saturated rings. The van der Waals surface area contributed by atoms with E-state index in [4.69, 9.17) is 4.74 Å². The molecular formula is C15H19NO3. The molecule has 1 aliphatic rings. The molecule has 0 saturated carbocycles. The molecule has 4 nitrogen and oxygen atoms in total. The van der Waals surface area contributed by atoms with Crippen molar-refractivity contribution in [1.29, 1.82) is 0 Å². The van der Waals surface area contributed by atoms with Gasteiger partial charge >= 0.3 is 6.09 Å². The Kier molecular flexibility index (Phi) is 3.60.